The van der Waals surface area contributed by atoms with Gasteiger partial charge in [0.15, 0.2) is 0 Å². The van der Waals surface area contributed by atoms with Gasteiger partial charge in [0.25, 0.3) is 0 Å². The van der Waals surface area contributed by atoms with Crippen molar-refractivity contribution < 1.29 is 37.7 Å². The molecule has 1 heterocycles. The summed E-state index contributed by atoms with van der Waals surface area (Å²) in [6.45, 7) is 6.00. The van der Waals surface area contributed by atoms with E-state index in [1.54, 1.807) is 36.4 Å². The number of rotatable bonds is 11. The summed E-state index contributed by atoms with van der Waals surface area (Å²) < 4.78 is 46.0. The smallest absolute Gasteiger partial charge is 0.328 e. The van der Waals surface area contributed by atoms with Gasteiger partial charge >= 0.3 is 11.9 Å². The number of carboxylic acids is 2. The van der Waals surface area contributed by atoms with Crippen molar-refractivity contribution in [3.8, 4) is 0 Å². The molecule has 0 aliphatic carbocycles. The topological polar surface area (TPSA) is 90.3 Å². The van der Waals surface area contributed by atoms with Crippen LogP contribution in [0.1, 0.15) is 22.8 Å². The third-order valence-electron chi connectivity index (χ3n) is 6.41. The SMILES string of the molecule is Fc1ccc(/C=C/CN2CCN(CCOC(c3ccc(F)cc3)c3ccc(F)cc3)CC2)cc1.O=C(O)/C=C\C(=O)O. The minimum atomic E-state index is -1.26. The molecule has 3 aromatic carbocycles. The molecule has 2 N–H and O–H groups in total. The van der Waals surface area contributed by atoms with Crippen LogP contribution in [-0.4, -0.2) is 77.8 Å². The fourth-order valence-corrected chi connectivity index (χ4v) is 4.21. The summed E-state index contributed by atoms with van der Waals surface area (Å²) in [7, 11) is 0. The summed E-state index contributed by atoms with van der Waals surface area (Å²) in [6, 6.07) is 19.0. The number of halogens is 3. The molecule has 1 aliphatic heterocycles. The van der Waals surface area contributed by atoms with E-state index in [0.717, 1.165) is 56.0 Å². The number of carbonyl (C=O) groups is 2. The molecule has 0 bridgehead atoms. The molecular weight excluding hydrogens is 549 g/mol. The number of piperazine rings is 1. The molecule has 10 heteroatoms. The number of aliphatic carboxylic acids is 2. The highest BCUT2D eigenvalue weighted by Gasteiger charge is 2.18. The standard InChI is InChI=1S/C28H29F3N2O.C4H4O4/c29-25-9-3-22(4-10-25)2-1-15-32-16-18-33(19-17-32)20-21-34-28(23-5-11-26(30)12-6-23)24-7-13-27(31)14-8-24;5-3(6)1-2-4(7)8/h1-14,28H,15-21H2;1-2H,(H,5,6)(H,7,8)/b2-1+;2-1-. The van der Waals surface area contributed by atoms with Gasteiger partial charge in [0.05, 0.1) is 6.61 Å². The highest BCUT2D eigenvalue weighted by Crippen LogP contribution is 2.26. The first-order valence-electron chi connectivity index (χ1n) is 13.3. The van der Waals surface area contributed by atoms with Crippen LogP contribution >= 0.6 is 0 Å². The van der Waals surface area contributed by atoms with Crippen molar-refractivity contribution in [1.29, 1.82) is 0 Å². The Labute approximate surface area is 242 Å². The number of ether oxygens (including phenoxy) is 1. The molecule has 42 heavy (non-hydrogen) atoms. The largest absolute Gasteiger partial charge is 0.478 e. The van der Waals surface area contributed by atoms with E-state index in [4.69, 9.17) is 14.9 Å². The molecule has 0 spiro atoms. The lowest BCUT2D eigenvalue weighted by Crippen LogP contribution is -2.47. The van der Waals surface area contributed by atoms with Gasteiger partial charge in [0.1, 0.15) is 23.6 Å². The Kier molecular flexibility index (Phi) is 13.0. The molecule has 1 aliphatic rings. The minimum Gasteiger partial charge on any atom is -0.478 e. The maximum atomic E-state index is 13.4. The van der Waals surface area contributed by atoms with Crippen LogP contribution in [0.2, 0.25) is 0 Å². The molecule has 0 amide bonds. The van der Waals surface area contributed by atoms with Crippen molar-refractivity contribution in [3.05, 3.63) is 125 Å². The quantitative estimate of drug-likeness (QED) is 0.299. The first-order valence-corrected chi connectivity index (χ1v) is 13.3. The zero-order valence-electron chi connectivity index (χ0n) is 22.9. The second-order valence-corrected chi connectivity index (χ2v) is 9.46. The average molecular weight is 583 g/mol. The Morgan fingerprint density at radius 3 is 1.60 bits per heavy atom. The first kappa shape index (κ1) is 32.3. The van der Waals surface area contributed by atoms with Gasteiger partial charge in [0.2, 0.25) is 0 Å². The Morgan fingerprint density at radius 1 is 0.714 bits per heavy atom. The van der Waals surface area contributed by atoms with E-state index in [0.29, 0.717) is 18.8 Å². The molecule has 0 aromatic heterocycles. The summed E-state index contributed by atoms with van der Waals surface area (Å²) >= 11 is 0. The summed E-state index contributed by atoms with van der Waals surface area (Å²) in [5.74, 6) is -3.34. The molecule has 1 saturated heterocycles. The normalized spacial score (nSPS) is 14.3. The van der Waals surface area contributed by atoms with Crippen LogP contribution in [0.25, 0.3) is 6.08 Å². The summed E-state index contributed by atoms with van der Waals surface area (Å²) in [6.07, 6.45) is 4.87. The molecule has 4 rings (SSSR count). The van der Waals surface area contributed by atoms with E-state index in [2.05, 4.69) is 15.9 Å². The molecule has 0 radical (unpaired) electrons. The van der Waals surface area contributed by atoms with Crippen molar-refractivity contribution >= 4 is 18.0 Å². The third-order valence-corrected chi connectivity index (χ3v) is 6.41. The van der Waals surface area contributed by atoms with Crippen LogP contribution in [0.5, 0.6) is 0 Å². The van der Waals surface area contributed by atoms with Crippen LogP contribution in [0, 0.1) is 17.5 Å². The van der Waals surface area contributed by atoms with Gasteiger partial charge in [-0.05, 0) is 53.1 Å². The zero-order valence-corrected chi connectivity index (χ0v) is 22.9. The fourth-order valence-electron chi connectivity index (χ4n) is 4.21. The van der Waals surface area contributed by atoms with E-state index in [-0.39, 0.29) is 23.6 Å². The Bertz CT molecular complexity index is 1260. The highest BCUT2D eigenvalue weighted by molar-refractivity contribution is 5.89. The van der Waals surface area contributed by atoms with E-state index >= 15 is 0 Å². The maximum absolute atomic E-state index is 13.4. The van der Waals surface area contributed by atoms with Crippen molar-refractivity contribution in [2.45, 2.75) is 6.10 Å². The first-order chi connectivity index (χ1) is 20.2. The molecule has 3 aromatic rings. The summed E-state index contributed by atoms with van der Waals surface area (Å²) in [5.41, 5.74) is 2.67. The predicted molar refractivity (Wildman–Crippen MR) is 153 cm³/mol. The number of benzene rings is 3. The van der Waals surface area contributed by atoms with Gasteiger partial charge in [0, 0.05) is 51.4 Å². The lowest BCUT2D eigenvalue weighted by molar-refractivity contribution is -0.134. The third kappa shape index (κ3) is 11.7. The van der Waals surface area contributed by atoms with Crippen LogP contribution < -0.4 is 0 Å². The van der Waals surface area contributed by atoms with E-state index in [9.17, 15) is 22.8 Å². The lowest BCUT2D eigenvalue weighted by Gasteiger charge is -2.34. The van der Waals surface area contributed by atoms with E-state index in [1.807, 2.05) is 6.08 Å². The monoisotopic (exact) mass is 582 g/mol. The summed E-state index contributed by atoms with van der Waals surface area (Å²) in [4.78, 5) is 23.9. The minimum absolute atomic E-state index is 0.223. The molecule has 7 nitrogen and oxygen atoms in total. The molecular formula is C32H33F3N2O5. The van der Waals surface area contributed by atoms with Crippen molar-refractivity contribution in [3.63, 3.8) is 0 Å². The second kappa shape index (κ2) is 16.9. The highest BCUT2D eigenvalue weighted by atomic mass is 19.1. The van der Waals surface area contributed by atoms with Gasteiger partial charge in [-0.2, -0.15) is 0 Å². The Hall–Kier alpha value is -4.25. The number of hydrogen-bond donors (Lipinski definition) is 2. The van der Waals surface area contributed by atoms with E-state index in [1.165, 1.54) is 36.4 Å². The predicted octanol–water partition coefficient (Wildman–Crippen LogP) is 5.25. The van der Waals surface area contributed by atoms with Crippen LogP contribution in [-0.2, 0) is 14.3 Å². The van der Waals surface area contributed by atoms with Gasteiger partial charge in [-0.1, -0.05) is 48.6 Å². The van der Waals surface area contributed by atoms with Gasteiger partial charge in [-0.25, -0.2) is 22.8 Å². The summed E-state index contributed by atoms with van der Waals surface area (Å²) in [5, 5.41) is 15.6. The fraction of sp³-hybridized carbons (Fsp3) is 0.250. The Balaban J connectivity index is 0.000000531. The number of hydrogen-bond acceptors (Lipinski definition) is 5. The van der Waals surface area contributed by atoms with Crippen LogP contribution in [0.4, 0.5) is 13.2 Å². The number of nitrogens with zero attached hydrogens (tertiary/aromatic N) is 2. The molecule has 0 saturated carbocycles. The van der Waals surface area contributed by atoms with Crippen molar-refractivity contribution in [2.24, 2.45) is 0 Å². The van der Waals surface area contributed by atoms with Crippen LogP contribution in [0.3, 0.4) is 0 Å². The zero-order chi connectivity index (χ0) is 30.3. The van der Waals surface area contributed by atoms with Crippen LogP contribution in [0.15, 0.2) is 91.0 Å². The number of carboxylic acid groups (broad SMARTS) is 2. The molecule has 1 fully saturated rings. The lowest BCUT2D eigenvalue weighted by atomic mass is 10.0. The molecule has 222 valence electrons. The van der Waals surface area contributed by atoms with Gasteiger partial charge in [-0.3, -0.25) is 9.80 Å². The molecule has 0 atom stereocenters. The molecule has 0 unspecified atom stereocenters. The average Bonchev–Trinajstić information content (AvgIpc) is 2.98. The van der Waals surface area contributed by atoms with E-state index < -0.39 is 11.9 Å². The van der Waals surface area contributed by atoms with Gasteiger partial charge in [-0.15, -0.1) is 0 Å². The maximum Gasteiger partial charge on any atom is 0.328 e. The Morgan fingerprint density at radius 2 is 1.14 bits per heavy atom. The second-order valence-electron chi connectivity index (χ2n) is 9.46. The van der Waals surface area contributed by atoms with Gasteiger partial charge < -0.3 is 14.9 Å². The van der Waals surface area contributed by atoms with Crippen molar-refractivity contribution in [1.82, 2.24) is 9.80 Å². The van der Waals surface area contributed by atoms with Crippen molar-refractivity contribution in [2.75, 3.05) is 45.9 Å².